The Labute approximate surface area is 94.5 Å². The number of thiol groups is 1. The van der Waals surface area contributed by atoms with Crippen LogP contribution in [0, 0.1) is 0 Å². The third kappa shape index (κ3) is 1.88. The van der Waals surface area contributed by atoms with Gasteiger partial charge in [-0.1, -0.05) is 0 Å². The van der Waals surface area contributed by atoms with Gasteiger partial charge in [-0.25, -0.2) is 4.98 Å². The highest BCUT2D eigenvalue weighted by atomic mass is 79.9. The fraction of sp³-hybridized carbons (Fsp3) is 0.429. The number of rotatable bonds is 1. The number of hydrogen-bond acceptors (Lipinski definition) is 5. The molecule has 1 fully saturated rings. The Morgan fingerprint density at radius 3 is 2.86 bits per heavy atom. The molecule has 1 saturated heterocycles. The fourth-order valence-electron chi connectivity index (χ4n) is 1.26. The number of nitrogens with zero attached hydrogens (tertiary/aromatic N) is 4. The Balaban J connectivity index is 2.23. The van der Waals surface area contributed by atoms with Crippen LogP contribution >= 0.6 is 28.6 Å². The van der Waals surface area contributed by atoms with E-state index >= 15 is 0 Å². The number of carbonyl (C=O) groups excluding carboxylic acids is 1. The van der Waals surface area contributed by atoms with Gasteiger partial charge >= 0.3 is 0 Å². The van der Waals surface area contributed by atoms with Crippen LogP contribution in [0.5, 0.6) is 0 Å². The van der Waals surface area contributed by atoms with Gasteiger partial charge in [-0.2, -0.15) is 12.6 Å². The van der Waals surface area contributed by atoms with E-state index < -0.39 is 0 Å². The van der Waals surface area contributed by atoms with Crippen LogP contribution in [0.1, 0.15) is 6.42 Å². The molecule has 1 aliphatic heterocycles. The zero-order chi connectivity index (χ0) is 10.1. The number of halogens is 1. The van der Waals surface area contributed by atoms with Gasteiger partial charge < -0.3 is 0 Å². The van der Waals surface area contributed by atoms with Crippen LogP contribution in [-0.4, -0.2) is 32.9 Å². The van der Waals surface area contributed by atoms with E-state index in [4.69, 9.17) is 0 Å². The molecule has 0 aromatic carbocycles. The van der Waals surface area contributed by atoms with Crippen molar-refractivity contribution in [3.63, 3.8) is 0 Å². The monoisotopic (exact) mass is 274 g/mol. The lowest BCUT2D eigenvalue weighted by molar-refractivity contribution is -0.117. The molecule has 2 rings (SSSR count). The summed E-state index contributed by atoms with van der Waals surface area (Å²) >= 11 is 7.36. The van der Waals surface area contributed by atoms with E-state index in [1.54, 1.807) is 0 Å². The second-order valence-electron chi connectivity index (χ2n) is 2.94. The van der Waals surface area contributed by atoms with E-state index in [0.29, 0.717) is 23.5 Å². The number of aromatic nitrogens is 3. The van der Waals surface area contributed by atoms with Gasteiger partial charge in [-0.05, 0) is 15.9 Å². The summed E-state index contributed by atoms with van der Waals surface area (Å²) in [5.41, 5.74) is 0. The summed E-state index contributed by atoms with van der Waals surface area (Å²) in [4.78, 5) is 16.9. The molecule has 7 heteroatoms. The van der Waals surface area contributed by atoms with Crippen LogP contribution < -0.4 is 4.90 Å². The molecular formula is C7H7BrN4OS. The summed E-state index contributed by atoms with van der Waals surface area (Å²) in [5.74, 6) is 0.337. The first-order valence-corrected chi connectivity index (χ1v) is 5.31. The predicted octanol–water partition coefficient (Wildman–Crippen LogP) is 0.669. The van der Waals surface area contributed by atoms with Gasteiger partial charge in [0, 0.05) is 18.2 Å². The topological polar surface area (TPSA) is 59.0 Å². The summed E-state index contributed by atoms with van der Waals surface area (Å²) in [6.45, 7) is 0.547. The van der Waals surface area contributed by atoms with E-state index in [1.165, 1.54) is 11.1 Å². The quantitative estimate of drug-likeness (QED) is 0.765. The summed E-state index contributed by atoms with van der Waals surface area (Å²) < 4.78 is 0.551. The average molecular weight is 275 g/mol. The minimum Gasteiger partial charge on any atom is -0.278 e. The molecule has 0 aliphatic carbocycles. The van der Waals surface area contributed by atoms with Crippen molar-refractivity contribution in [2.75, 3.05) is 11.4 Å². The van der Waals surface area contributed by atoms with E-state index in [1.807, 2.05) is 0 Å². The van der Waals surface area contributed by atoms with Gasteiger partial charge in [-0.3, -0.25) is 9.69 Å². The predicted molar refractivity (Wildman–Crippen MR) is 57.3 cm³/mol. The lowest BCUT2D eigenvalue weighted by Gasteiger charge is -2.11. The van der Waals surface area contributed by atoms with Gasteiger partial charge in [0.15, 0.2) is 0 Å². The maximum Gasteiger partial charge on any atom is 0.252 e. The Morgan fingerprint density at radius 2 is 2.36 bits per heavy atom. The first-order chi connectivity index (χ1) is 6.66. The molecule has 0 saturated carbocycles. The molecule has 0 bridgehead atoms. The molecule has 1 aromatic rings. The highest BCUT2D eigenvalue weighted by Crippen LogP contribution is 2.20. The van der Waals surface area contributed by atoms with Crippen molar-refractivity contribution in [1.82, 2.24) is 15.2 Å². The summed E-state index contributed by atoms with van der Waals surface area (Å²) in [6, 6.07) is 0. The Bertz CT molecular complexity index is 357. The number of anilines is 1. The van der Waals surface area contributed by atoms with Gasteiger partial charge in [-0.15, -0.1) is 10.2 Å². The van der Waals surface area contributed by atoms with E-state index in [0.717, 1.165) is 0 Å². The van der Waals surface area contributed by atoms with Crippen molar-refractivity contribution in [3.8, 4) is 0 Å². The van der Waals surface area contributed by atoms with Crippen molar-refractivity contribution in [2.24, 2.45) is 0 Å². The normalized spacial score (nSPS) is 21.7. The maximum atomic E-state index is 11.4. The Kier molecular flexibility index (Phi) is 2.69. The number of carbonyl (C=O) groups is 1. The summed E-state index contributed by atoms with van der Waals surface area (Å²) in [6.07, 6.45) is 1.95. The van der Waals surface area contributed by atoms with Gasteiger partial charge in [0.25, 0.3) is 5.95 Å². The highest BCUT2D eigenvalue weighted by molar-refractivity contribution is 9.10. The lowest BCUT2D eigenvalue weighted by Crippen LogP contribution is -2.26. The number of amides is 1. The SMILES string of the molecule is O=C1CC(S)CN1c1ncc(Br)nn1. The molecule has 1 unspecified atom stereocenters. The van der Waals surface area contributed by atoms with Gasteiger partial charge in [0.05, 0.1) is 6.20 Å². The molecule has 2 heterocycles. The molecule has 1 amide bonds. The summed E-state index contributed by atoms with van der Waals surface area (Å²) in [5, 5.41) is 7.64. The molecule has 0 spiro atoms. The van der Waals surface area contributed by atoms with Crippen LogP contribution in [0.15, 0.2) is 10.8 Å². The third-order valence-corrected chi connectivity index (χ3v) is 2.58. The van der Waals surface area contributed by atoms with Crippen LogP contribution in [0.3, 0.4) is 0 Å². The van der Waals surface area contributed by atoms with E-state index in [9.17, 15) is 4.79 Å². The van der Waals surface area contributed by atoms with Crippen LogP contribution in [0.25, 0.3) is 0 Å². The van der Waals surface area contributed by atoms with Crippen LogP contribution in [0.4, 0.5) is 5.95 Å². The van der Waals surface area contributed by atoms with Crippen LogP contribution in [0.2, 0.25) is 0 Å². The van der Waals surface area contributed by atoms with Crippen molar-refractivity contribution >= 4 is 40.4 Å². The molecule has 1 aliphatic rings. The van der Waals surface area contributed by atoms with Crippen molar-refractivity contribution in [2.45, 2.75) is 11.7 Å². The molecule has 0 N–H and O–H groups in total. The van der Waals surface area contributed by atoms with Crippen molar-refractivity contribution in [1.29, 1.82) is 0 Å². The van der Waals surface area contributed by atoms with Gasteiger partial charge in [0.1, 0.15) is 4.60 Å². The maximum absolute atomic E-state index is 11.4. The Hall–Kier alpha value is -0.690. The minimum atomic E-state index is -0.00544. The first kappa shape index (κ1) is 9.85. The molecule has 74 valence electrons. The molecule has 1 aromatic heterocycles. The number of hydrogen-bond donors (Lipinski definition) is 1. The summed E-state index contributed by atoms with van der Waals surface area (Å²) in [7, 11) is 0. The molecule has 14 heavy (non-hydrogen) atoms. The Morgan fingerprint density at radius 1 is 1.57 bits per heavy atom. The average Bonchev–Trinajstić information content (AvgIpc) is 2.47. The lowest BCUT2D eigenvalue weighted by atomic mass is 10.4. The molecule has 0 radical (unpaired) electrons. The standard InChI is InChI=1S/C7H7BrN4OS/c8-5-2-9-7(11-10-5)12-3-4(14)1-6(12)13/h2,4,14H,1,3H2. The van der Waals surface area contributed by atoms with E-state index in [2.05, 4.69) is 43.7 Å². The molecule has 1 atom stereocenters. The van der Waals surface area contributed by atoms with E-state index in [-0.39, 0.29) is 11.2 Å². The van der Waals surface area contributed by atoms with Gasteiger partial charge in [0.2, 0.25) is 5.91 Å². The molecular weight excluding hydrogens is 268 g/mol. The van der Waals surface area contributed by atoms with Crippen molar-refractivity contribution in [3.05, 3.63) is 10.8 Å². The minimum absolute atomic E-state index is 0.00544. The molecule has 5 nitrogen and oxygen atoms in total. The highest BCUT2D eigenvalue weighted by Gasteiger charge is 2.30. The smallest absolute Gasteiger partial charge is 0.252 e. The van der Waals surface area contributed by atoms with Crippen LogP contribution in [-0.2, 0) is 4.79 Å². The second kappa shape index (κ2) is 3.82. The fourth-order valence-corrected chi connectivity index (χ4v) is 1.76. The zero-order valence-electron chi connectivity index (χ0n) is 7.09. The first-order valence-electron chi connectivity index (χ1n) is 4.00. The third-order valence-electron chi connectivity index (χ3n) is 1.87. The zero-order valence-corrected chi connectivity index (χ0v) is 9.57. The largest absolute Gasteiger partial charge is 0.278 e. The van der Waals surface area contributed by atoms with Crippen molar-refractivity contribution < 1.29 is 4.79 Å². The second-order valence-corrected chi connectivity index (χ2v) is 4.49.